The van der Waals surface area contributed by atoms with Crippen LogP contribution in [-0.4, -0.2) is 6.04 Å². The highest BCUT2D eigenvalue weighted by Crippen LogP contribution is 2.62. The second-order valence-electron chi connectivity index (χ2n) is 6.25. The normalized spacial score (nSPS) is 41.6. The lowest BCUT2D eigenvalue weighted by atomic mass is 9.45. The average molecular weight is 195 g/mol. The first-order chi connectivity index (χ1) is 6.51. The summed E-state index contributed by atoms with van der Waals surface area (Å²) in [6, 6.07) is 0.399. The van der Waals surface area contributed by atoms with E-state index in [1.165, 1.54) is 32.1 Å². The summed E-state index contributed by atoms with van der Waals surface area (Å²) in [4.78, 5) is 0. The molecular weight excluding hydrogens is 170 g/mol. The Morgan fingerprint density at radius 2 is 2.07 bits per heavy atom. The molecule has 3 rings (SSSR count). The van der Waals surface area contributed by atoms with Crippen molar-refractivity contribution >= 4 is 0 Å². The molecule has 0 radical (unpaired) electrons. The molecule has 3 saturated carbocycles. The Balaban J connectivity index is 1.88. The molecule has 1 heteroatoms. The zero-order valence-corrected chi connectivity index (χ0v) is 9.92. The van der Waals surface area contributed by atoms with Gasteiger partial charge in [-0.2, -0.15) is 0 Å². The fourth-order valence-electron chi connectivity index (χ4n) is 3.79. The van der Waals surface area contributed by atoms with Crippen LogP contribution in [-0.2, 0) is 0 Å². The molecule has 0 heterocycles. The fourth-order valence-corrected chi connectivity index (χ4v) is 3.79. The molecule has 82 valence electrons. The molecular formula is C13H25N. The van der Waals surface area contributed by atoms with Crippen molar-refractivity contribution in [1.82, 2.24) is 0 Å². The van der Waals surface area contributed by atoms with Crippen molar-refractivity contribution in [3.05, 3.63) is 0 Å². The van der Waals surface area contributed by atoms with Crippen LogP contribution >= 0.6 is 0 Å². The van der Waals surface area contributed by atoms with Crippen LogP contribution in [0.5, 0.6) is 0 Å². The molecule has 2 N–H and O–H groups in total. The molecule has 0 aromatic heterocycles. The number of fused-ring (bicyclic) bond motifs is 2. The maximum absolute atomic E-state index is 5.84. The van der Waals surface area contributed by atoms with Crippen LogP contribution in [0.4, 0.5) is 0 Å². The minimum absolute atomic E-state index is 0.399. The zero-order chi connectivity index (χ0) is 10.3. The van der Waals surface area contributed by atoms with Gasteiger partial charge in [0, 0.05) is 6.04 Å². The molecule has 0 aromatic rings. The minimum Gasteiger partial charge on any atom is -0.328 e. The molecule has 3 fully saturated rings. The molecule has 0 amide bonds. The predicted molar refractivity (Wildman–Crippen MR) is 61.0 cm³/mol. The quantitative estimate of drug-likeness (QED) is 0.735. The van der Waals surface area contributed by atoms with Gasteiger partial charge in [0.05, 0.1) is 0 Å². The van der Waals surface area contributed by atoms with Crippen molar-refractivity contribution < 1.29 is 0 Å². The maximum atomic E-state index is 5.84. The first-order valence-electron chi connectivity index (χ1n) is 6.27. The molecule has 0 aliphatic heterocycles. The molecule has 3 unspecified atom stereocenters. The van der Waals surface area contributed by atoms with E-state index >= 15 is 0 Å². The molecule has 3 aliphatic carbocycles. The minimum atomic E-state index is 0.399. The SMILES string of the molecule is C[C@@H](N)CCC1CCC2CC1C2(C)C. The van der Waals surface area contributed by atoms with Crippen molar-refractivity contribution in [1.29, 1.82) is 0 Å². The van der Waals surface area contributed by atoms with E-state index in [1.54, 1.807) is 0 Å². The highest BCUT2D eigenvalue weighted by molar-refractivity contribution is 5.03. The summed E-state index contributed by atoms with van der Waals surface area (Å²) < 4.78 is 0. The summed E-state index contributed by atoms with van der Waals surface area (Å²) in [7, 11) is 0. The van der Waals surface area contributed by atoms with Crippen LogP contribution in [0, 0.1) is 23.2 Å². The van der Waals surface area contributed by atoms with E-state index in [2.05, 4.69) is 20.8 Å². The van der Waals surface area contributed by atoms with E-state index in [-0.39, 0.29) is 0 Å². The topological polar surface area (TPSA) is 26.0 Å². The summed E-state index contributed by atoms with van der Waals surface area (Å²) in [5.74, 6) is 3.04. The number of hydrogen-bond donors (Lipinski definition) is 1. The number of rotatable bonds is 3. The Bertz CT molecular complexity index is 205. The van der Waals surface area contributed by atoms with Crippen molar-refractivity contribution in [2.75, 3.05) is 0 Å². The lowest BCUT2D eigenvalue weighted by Crippen LogP contribution is -2.52. The number of nitrogens with two attached hydrogens (primary N) is 1. The fraction of sp³-hybridized carbons (Fsp3) is 1.00. The van der Waals surface area contributed by atoms with Gasteiger partial charge in [-0.05, 0) is 62.2 Å². The first kappa shape index (κ1) is 10.5. The summed E-state index contributed by atoms with van der Waals surface area (Å²) in [6.45, 7) is 7.09. The van der Waals surface area contributed by atoms with Gasteiger partial charge in [0.2, 0.25) is 0 Å². The average Bonchev–Trinajstić information content (AvgIpc) is 2.14. The second kappa shape index (κ2) is 3.52. The third-order valence-electron chi connectivity index (χ3n) is 4.99. The summed E-state index contributed by atoms with van der Waals surface area (Å²) in [5, 5.41) is 0. The van der Waals surface area contributed by atoms with Gasteiger partial charge in [-0.25, -0.2) is 0 Å². The Morgan fingerprint density at radius 3 is 2.57 bits per heavy atom. The van der Waals surface area contributed by atoms with Crippen LogP contribution in [0.3, 0.4) is 0 Å². The van der Waals surface area contributed by atoms with Crippen LogP contribution in [0.1, 0.15) is 52.9 Å². The van der Waals surface area contributed by atoms with Gasteiger partial charge in [-0.3, -0.25) is 0 Å². The summed E-state index contributed by atoms with van der Waals surface area (Å²) in [6.07, 6.45) is 7.07. The van der Waals surface area contributed by atoms with Gasteiger partial charge in [0.15, 0.2) is 0 Å². The molecule has 0 saturated heterocycles. The van der Waals surface area contributed by atoms with E-state index in [1.807, 2.05) is 0 Å². The van der Waals surface area contributed by atoms with Gasteiger partial charge < -0.3 is 5.73 Å². The molecule has 0 spiro atoms. The predicted octanol–water partition coefficient (Wildman–Crippen LogP) is 3.19. The van der Waals surface area contributed by atoms with E-state index in [0.717, 1.165) is 17.8 Å². The van der Waals surface area contributed by atoms with Crippen molar-refractivity contribution in [2.45, 2.75) is 58.9 Å². The maximum Gasteiger partial charge on any atom is 0.00105 e. The van der Waals surface area contributed by atoms with Crippen molar-refractivity contribution in [3.63, 3.8) is 0 Å². The van der Waals surface area contributed by atoms with E-state index in [0.29, 0.717) is 11.5 Å². The van der Waals surface area contributed by atoms with Crippen LogP contribution in [0.2, 0.25) is 0 Å². The van der Waals surface area contributed by atoms with Crippen molar-refractivity contribution in [3.8, 4) is 0 Å². The van der Waals surface area contributed by atoms with Gasteiger partial charge >= 0.3 is 0 Å². The van der Waals surface area contributed by atoms with Crippen LogP contribution in [0.15, 0.2) is 0 Å². The summed E-state index contributed by atoms with van der Waals surface area (Å²) >= 11 is 0. The molecule has 2 bridgehead atoms. The zero-order valence-electron chi connectivity index (χ0n) is 9.92. The van der Waals surface area contributed by atoms with Gasteiger partial charge in [-0.15, -0.1) is 0 Å². The van der Waals surface area contributed by atoms with Gasteiger partial charge in [0.1, 0.15) is 0 Å². The van der Waals surface area contributed by atoms with E-state index in [9.17, 15) is 0 Å². The monoisotopic (exact) mass is 195 g/mol. The highest BCUT2D eigenvalue weighted by atomic mass is 14.6. The van der Waals surface area contributed by atoms with Crippen molar-refractivity contribution in [2.24, 2.45) is 28.9 Å². The highest BCUT2D eigenvalue weighted by Gasteiger charge is 2.53. The van der Waals surface area contributed by atoms with E-state index < -0.39 is 0 Å². The third kappa shape index (κ3) is 1.60. The van der Waals surface area contributed by atoms with E-state index in [4.69, 9.17) is 5.73 Å². The number of hydrogen-bond acceptors (Lipinski definition) is 1. The molecule has 3 aliphatic rings. The lowest BCUT2D eigenvalue weighted by Gasteiger charge is -2.60. The van der Waals surface area contributed by atoms with Gasteiger partial charge in [0.25, 0.3) is 0 Å². The summed E-state index contributed by atoms with van der Waals surface area (Å²) in [5.41, 5.74) is 6.49. The van der Waals surface area contributed by atoms with Crippen LogP contribution in [0.25, 0.3) is 0 Å². The molecule has 1 nitrogen and oxygen atoms in total. The standard InChI is InChI=1S/C13H25N/c1-9(14)4-5-10-6-7-11-8-12(10)13(11,2)3/h9-12H,4-8,14H2,1-3H3/t9-,10?,11?,12?/m1/s1. The first-order valence-corrected chi connectivity index (χ1v) is 6.27. The smallest absolute Gasteiger partial charge is 0.00105 e. The molecule has 14 heavy (non-hydrogen) atoms. The Morgan fingerprint density at radius 1 is 1.36 bits per heavy atom. The largest absolute Gasteiger partial charge is 0.328 e. The van der Waals surface area contributed by atoms with Gasteiger partial charge in [-0.1, -0.05) is 13.8 Å². The lowest BCUT2D eigenvalue weighted by molar-refractivity contribution is -0.107. The third-order valence-corrected chi connectivity index (χ3v) is 4.99. The second-order valence-corrected chi connectivity index (χ2v) is 6.25. The molecule has 4 atom stereocenters. The Hall–Kier alpha value is -0.0400. The Kier molecular flexibility index (Phi) is 2.63. The Labute approximate surface area is 88.4 Å². The van der Waals surface area contributed by atoms with Crippen LogP contribution < -0.4 is 5.73 Å². The molecule has 0 aromatic carbocycles.